The molecule has 0 spiro atoms. The van der Waals surface area contributed by atoms with Gasteiger partial charge >= 0.3 is 0 Å². The maximum atomic E-state index is 12.9. The number of nitrogens with one attached hydrogen (secondary N) is 2. The number of fused-ring (bicyclic) bond motifs is 1. The van der Waals surface area contributed by atoms with E-state index in [1.54, 1.807) is 17.5 Å². The van der Waals surface area contributed by atoms with Crippen molar-refractivity contribution in [3.8, 4) is 10.6 Å². The molecule has 1 aromatic carbocycles. The summed E-state index contributed by atoms with van der Waals surface area (Å²) >= 11 is 1.66. The lowest BCUT2D eigenvalue weighted by Crippen LogP contribution is -2.44. The number of aryl methyl sites for hydroxylation is 1. The van der Waals surface area contributed by atoms with Gasteiger partial charge in [0.2, 0.25) is 0 Å². The Balaban J connectivity index is 1.35. The fraction of sp³-hybridized carbons (Fsp3) is 0.419. The normalized spacial score (nSPS) is 16.2. The van der Waals surface area contributed by atoms with Crippen LogP contribution in [0.5, 0.6) is 0 Å². The van der Waals surface area contributed by atoms with Gasteiger partial charge in [-0.15, -0.1) is 11.3 Å². The van der Waals surface area contributed by atoms with E-state index in [-0.39, 0.29) is 17.0 Å². The van der Waals surface area contributed by atoms with E-state index in [1.165, 1.54) is 5.57 Å². The Morgan fingerprint density at radius 3 is 2.67 bits per heavy atom. The molecule has 0 bridgehead atoms. The maximum Gasteiger partial charge on any atom is 0.251 e. The first-order valence-electron chi connectivity index (χ1n) is 14.1. The molecule has 0 fully saturated rings. The van der Waals surface area contributed by atoms with Crippen molar-refractivity contribution >= 4 is 42.2 Å². The van der Waals surface area contributed by atoms with Crippen LogP contribution in [0.25, 0.3) is 27.2 Å². The number of nitrogens with zero attached hydrogens (tertiary/aromatic N) is 3. The van der Waals surface area contributed by atoms with Gasteiger partial charge in [-0.05, 0) is 79.0 Å². The van der Waals surface area contributed by atoms with E-state index in [1.807, 2.05) is 30.5 Å². The van der Waals surface area contributed by atoms with E-state index in [4.69, 9.17) is 14.4 Å². The van der Waals surface area contributed by atoms with Gasteiger partial charge in [0.15, 0.2) is 8.32 Å². The second-order valence-electron chi connectivity index (χ2n) is 12.0. The van der Waals surface area contributed by atoms with Gasteiger partial charge in [-0.3, -0.25) is 4.79 Å². The smallest absolute Gasteiger partial charge is 0.251 e. The summed E-state index contributed by atoms with van der Waals surface area (Å²) in [4.78, 5) is 31.4. The van der Waals surface area contributed by atoms with Gasteiger partial charge in [0, 0.05) is 37.0 Å². The zero-order chi connectivity index (χ0) is 28.3. The molecule has 1 atom stereocenters. The Labute approximate surface area is 241 Å². The first kappa shape index (κ1) is 28.4. The summed E-state index contributed by atoms with van der Waals surface area (Å²) in [5.41, 5.74) is 5.17. The van der Waals surface area contributed by atoms with Crippen LogP contribution in [-0.4, -0.2) is 46.8 Å². The van der Waals surface area contributed by atoms with Gasteiger partial charge in [0.25, 0.3) is 5.91 Å². The molecule has 9 heteroatoms. The lowest BCUT2D eigenvalue weighted by atomic mass is 9.93. The van der Waals surface area contributed by atoms with E-state index in [0.29, 0.717) is 12.1 Å². The summed E-state index contributed by atoms with van der Waals surface area (Å²) in [6.07, 6.45) is 10.5. The number of amides is 1. The summed E-state index contributed by atoms with van der Waals surface area (Å²) in [7, 11) is -1.82. The quantitative estimate of drug-likeness (QED) is 0.161. The molecular formula is C31H39N5O2SSi. The topological polar surface area (TPSA) is 92.8 Å². The number of carbonyl (C=O) groups excluding carboxylic acids is 1. The van der Waals surface area contributed by atoms with Crippen molar-refractivity contribution in [2.45, 2.75) is 77.1 Å². The number of rotatable bonds is 9. The Kier molecular flexibility index (Phi) is 8.35. The molecule has 210 valence electrons. The zero-order valence-electron chi connectivity index (χ0n) is 24.1. The summed E-state index contributed by atoms with van der Waals surface area (Å²) in [5, 5.41) is 5.28. The molecule has 1 aliphatic rings. The van der Waals surface area contributed by atoms with E-state index in [0.717, 1.165) is 65.2 Å². The third kappa shape index (κ3) is 6.43. The minimum absolute atomic E-state index is 0.104. The Morgan fingerprint density at radius 1 is 1.18 bits per heavy atom. The van der Waals surface area contributed by atoms with Crippen molar-refractivity contribution in [3.63, 3.8) is 0 Å². The van der Waals surface area contributed by atoms with Gasteiger partial charge in [-0.25, -0.2) is 15.0 Å². The number of hydrogen-bond acceptors (Lipinski definition) is 6. The molecule has 1 amide bonds. The van der Waals surface area contributed by atoms with Crippen LogP contribution in [0, 0.1) is 0 Å². The second-order valence-corrected chi connectivity index (χ2v) is 17.7. The van der Waals surface area contributed by atoms with Crippen LogP contribution in [0.15, 0.2) is 54.2 Å². The summed E-state index contributed by atoms with van der Waals surface area (Å²) in [6.45, 7) is 12.1. The molecule has 1 aliphatic carbocycles. The average Bonchev–Trinajstić information content (AvgIpc) is 3.64. The van der Waals surface area contributed by atoms with Crippen LogP contribution < -0.4 is 5.32 Å². The number of allylic oxidation sites excluding steroid dienone is 1. The van der Waals surface area contributed by atoms with Crippen LogP contribution in [0.4, 0.5) is 0 Å². The number of benzene rings is 1. The molecule has 1 unspecified atom stereocenters. The first-order chi connectivity index (χ1) is 19.1. The monoisotopic (exact) mass is 573 g/mol. The molecular weight excluding hydrogens is 535 g/mol. The Hall–Kier alpha value is -3.14. The SMILES string of the molecule is CC(C)(C)[Si](C)(C)OC1CC=C(c2nc3ccc(C(=O)NCCCc4ncc[nH]4)cc3nc2-c2cccs2)CC1. The van der Waals surface area contributed by atoms with Gasteiger partial charge in [0.05, 0.1) is 21.6 Å². The third-order valence-corrected chi connectivity index (χ3v) is 13.5. The van der Waals surface area contributed by atoms with Crippen molar-refractivity contribution in [1.82, 2.24) is 25.3 Å². The predicted molar refractivity (Wildman–Crippen MR) is 166 cm³/mol. The van der Waals surface area contributed by atoms with Crippen LogP contribution in [-0.2, 0) is 10.8 Å². The predicted octanol–water partition coefficient (Wildman–Crippen LogP) is 7.40. The first-order valence-corrected chi connectivity index (χ1v) is 17.9. The lowest BCUT2D eigenvalue weighted by molar-refractivity contribution is 0.0953. The number of carbonyl (C=O) groups is 1. The second kappa shape index (κ2) is 11.8. The van der Waals surface area contributed by atoms with E-state index >= 15 is 0 Å². The molecule has 40 heavy (non-hydrogen) atoms. The lowest BCUT2D eigenvalue weighted by Gasteiger charge is -2.40. The third-order valence-electron chi connectivity index (χ3n) is 8.05. The zero-order valence-corrected chi connectivity index (χ0v) is 25.9. The molecule has 0 saturated heterocycles. The van der Waals surface area contributed by atoms with Crippen molar-refractivity contribution in [2.24, 2.45) is 0 Å². The highest BCUT2D eigenvalue weighted by atomic mass is 32.1. The maximum absolute atomic E-state index is 12.9. The molecule has 5 rings (SSSR count). The van der Waals surface area contributed by atoms with Crippen LogP contribution >= 0.6 is 11.3 Å². The van der Waals surface area contributed by atoms with E-state index < -0.39 is 8.32 Å². The molecule has 0 radical (unpaired) electrons. The van der Waals surface area contributed by atoms with Crippen LogP contribution in [0.1, 0.15) is 68.3 Å². The fourth-order valence-corrected chi connectivity index (χ4v) is 6.84. The van der Waals surface area contributed by atoms with Gasteiger partial charge in [-0.2, -0.15) is 0 Å². The number of aromatic amines is 1. The highest BCUT2D eigenvalue weighted by Crippen LogP contribution is 2.41. The minimum Gasteiger partial charge on any atom is -0.414 e. The summed E-state index contributed by atoms with van der Waals surface area (Å²) in [6, 6.07) is 9.73. The van der Waals surface area contributed by atoms with Gasteiger partial charge < -0.3 is 14.7 Å². The molecule has 7 nitrogen and oxygen atoms in total. The summed E-state index contributed by atoms with van der Waals surface area (Å²) in [5.74, 6) is 0.825. The molecule has 3 aromatic heterocycles. The number of hydrogen-bond donors (Lipinski definition) is 2. The molecule has 3 heterocycles. The van der Waals surface area contributed by atoms with Crippen molar-refractivity contribution < 1.29 is 9.22 Å². The number of H-pyrrole nitrogens is 1. The highest BCUT2D eigenvalue weighted by molar-refractivity contribution is 7.13. The number of thiophene rings is 1. The van der Waals surface area contributed by atoms with Crippen molar-refractivity contribution in [3.05, 3.63) is 71.3 Å². The van der Waals surface area contributed by atoms with Crippen LogP contribution in [0.3, 0.4) is 0 Å². The van der Waals surface area contributed by atoms with Crippen molar-refractivity contribution in [1.29, 1.82) is 0 Å². The van der Waals surface area contributed by atoms with Crippen LogP contribution in [0.2, 0.25) is 18.1 Å². The van der Waals surface area contributed by atoms with Crippen molar-refractivity contribution in [2.75, 3.05) is 6.54 Å². The minimum atomic E-state index is -1.82. The summed E-state index contributed by atoms with van der Waals surface area (Å²) < 4.78 is 6.71. The molecule has 4 aromatic rings. The largest absolute Gasteiger partial charge is 0.414 e. The standard InChI is InChI=1S/C31H39N5O2SSi/c1-31(2,3)40(4,5)38-23-13-10-21(11-14-23)28-29(26-8-7-19-39-26)36-25-20-22(12-15-24(25)35-28)30(37)34-16-6-9-27-32-17-18-33-27/h7-8,10,12,15,17-20,23H,6,9,11,13-14,16H2,1-5H3,(H,32,33)(H,34,37). The molecule has 2 N–H and O–H groups in total. The fourth-order valence-electron chi connectivity index (χ4n) is 4.72. The molecule has 0 saturated carbocycles. The Morgan fingerprint density at radius 2 is 2.00 bits per heavy atom. The van der Waals surface area contributed by atoms with E-state index in [2.05, 4.69) is 66.7 Å². The highest BCUT2D eigenvalue weighted by Gasteiger charge is 2.39. The average molecular weight is 574 g/mol. The molecule has 0 aliphatic heterocycles. The van der Waals surface area contributed by atoms with Gasteiger partial charge in [-0.1, -0.05) is 32.9 Å². The Bertz CT molecular complexity index is 1490. The van der Waals surface area contributed by atoms with Gasteiger partial charge in [0.1, 0.15) is 11.5 Å². The van der Waals surface area contributed by atoms with E-state index in [9.17, 15) is 4.79 Å². The number of aromatic nitrogens is 4. The number of imidazole rings is 1.